The highest BCUT2D eigenvalue weighted by atomic mass is 16.6. The van der Waals surface area contributed by atoms with Crippen LogP contribution in [0.1, 0.15) is 11.1 Å². The van der Waals surface area contributed by atoms with Crippen molar-refractivity contribution in [1.82, 2.24) is 0 Å². The van der Waals surface area contributed by atoms with Crippen LogP contribution in [-0.2, 0) is 4.79 Å². The normalized spacial score (nSPS) is 14.2. The van der Waals surface area contributed by atoms with Gasteiger partial charge in [0, 0.05) is 23.3 Å². The number of nitrogens with zero attached hydrogens (tertiary/aromatic N) is 1. The Kier molecular flexibility index (Phi) is 3.91. The fraction of sp³-hybridized carbons (Fsp3) is 0.118. The van der Waals surface area contributed by atoms with Crippen LogP contribution in [0.25, 0.3) is 11.6 Å². The maximum atomic E-state index is 12.3. The van der Waals surface area contributed by atoms with Crippen molar-refractivity contribution in [3.63, 3.8) is 0 Å². The van der Waals surface area contributed by atoms with E-state index in [-0.39, 0.29) is 11.6 Å². The van der Waals surface area contributed by atoms with Gasteiger partial charge >= 0.3 is 0 Å². The highest BCUT2D eigenvalue weighted by Crippen LogP contribution is 2.41. The van der Waals surface area contributed by atoms with E-state index in [0.717, 1.165) is 0 Å². The molecule has 0 spiro atoms. The molecule has 1 aliphatic rings. The minimum atomic E-state index is -0.477. The number of carbonyl (C=O) groups excluding carboxylic acids is 1. The smallest absolute Gasteiger partial charge is 0.276 e. The first-order chi connectivity index (χ1) is 11.5. The van der Waals surface area contributed by atoms with Crippen molar-refractivity contribution < 1.29 is 19.2 Å². The summed E-state index contributed by atoms with van der Waals surface area (Å²) in [7, 11) is 3.00. The Bertz CT molecular complexity index is 873. The zero-order valence-corrected chi connectivity index (χ0v) is 13.0. The first kappa shape index (κ1) is 15.5. The number of amides is 1. The van der Waals surface area contributed by atoms with E-state index in [1.54, 1.807) is 30.3 Å². The third-order valence-electron chi connectivity index (χ3n) is 3.74. The molecule has 0 bridgehead atoms. The number of fused-ring (bicyclic) bond motifs is 1. The summed E-state index contributed by atoms with van der Waals surface area (Å²) in [6, 6.07) is 9.59. The molecule has 122 valence electrons. The predicted octanol–water partition coefficient (Wildman–Crippen LogP) is 3.10. The molecule has 0 aromatic heterocycles. The van der Waals surface area contributed by atoms with Crippen LogP contribution in [-0.4, -0.2) is 25.1 Å². The van der Waals surface area contributed by atoms with Crippen molar-refractivity contribution >= 4 is 28.9 Å². The molecule has 1 aliphatic heterocycles. The van der Waals surface area contributed by atoms with E-state index in [2.05, 4.69) is 5.32 Å². The first-order valence-electron chi connectivity index (χ1n) is 7.08. The average molecular weight is 326 g/mol. The Morgan fingerprint density at radius 2 is 1.79 bits per heavy atom. The van der Waals surface area contributed by atoms with E-state index < -0.39 is 4.92 Å². The lowest BCUT2D eigenvalue weighted by Crippen LogP contribution is -2.03. The standard InChI is InChI=1S/C17H14N2O5/c1-23-15-8-11-12(17(20)18-13(11)9-16(15)24-2)7-10-5-3-4-6-14(10)19(21)22/h3-9H,1-2H3,(H,18,20)/b12-7+. The molecular formula is C17H14N2O5. The summed E-state index contributed by atoms with van der Waals surface area (Å²) in [4.78, 5) is 23.0. The van der Waals surface area contributed by atoms with E-state index in [1.807, 2.05) is 0 Å². The van der Waals surface area contributed by atoms with Gasteiger partial charge in [0.15, 0.2) is 11.5 Å². The number of rotatable bonds is 4. The lowest BCUT2D eigenvalue weighted by molar-refractivity contribution is -0.385. The van der Waals surface area contributed by atoms with Gasteiger partial charge in [0.1, 0.15) is 0 Å². The summed E-state index contributed by atoms with van der Waals surface area (Å²) in [5, 5.41) is 13.9. The Morgan fingerprint density at radius 3 is 2.46 bits per heavy atom. The van der Waals surface area contributed by atoms with Gasteiger partial charge in [0.25, 0.3) is 11.6 Å². The van der Waals surface area contributed by atoms with Crippen LogP contribution in [0.3, 0.4) is 0 Å². The van der Waals surface area contributed by atoms with Crippen LogP contribution in [0.15, 0.2) is 36.4 Å². The largest absolute Gasteiger partial charge is 0.493 e. The Balaban J connectivity index is 2.15. The second-order valence-electron chi connectivity index (χ2n) is 5.08. The van der Waals surface area contributed by atoms with Gasteiger partial charge in [-0.15, -0.1) is 0 Å². The highest BCUT2D eigenvalue weighted by Gasteiger charge is 2.27. The van der Waals surface area contributed by atoms with E-state index in [9.17, 15) is 14.9 Å². The molecule has 0 fully saturated rings. The van der Waals surface area contributed by atoms with Crippen LogP contribution in [0.4, 0.5) is 11.4 Å². The van der Waals surface area contributed by atoms with Gasteiger partial charge < -0.3 is 14.8 Å². The number of hydrogen-bond acceptors (Lipinski definition) is 5. The average Bonchev–Trinajstić information content (AvgIpc) is 2.88. The van der Waals surface area contributed by atoms with Crippen molar-refractivity contribution in [3.05, 3.63) is 57.6 Å². The van der Waals surface area contributed by atoms with Crippen LogP contribution < -0.4 is 14.8 Å². The summed E-state index contributed by atoms with van der Waals surface area (Å²) in [5.41, 5.74) is 1.81. The number of methoxy groups -OCH3 is 2. The molecule has 0 aliphatic carbocycles. The fourth-order valence-corrected chi connectivity index (χ4v) is 2.59. The van der Waals surface area contributed by atoms with Crippen molar-refractivity contribution in [3.8, 4) is 11.5 Å². The first-order valence-corrected chi connectivity index (χ1v) is 7.08. The molecule has 0 radical (unpaired) electrons. The maximum absolute atomic E-state index is 12.3. The van der Waals surface area contributed by atoms with Gasteiger partial charge in [-0.25, -0.2) is 0 Å². The number of nitrogens with one attached hydrogen (secondary N) is 1. The SMILES string of the molecule is COc1cc2c(cc1OC)/C(=C\c1ccccc1[N+](=O)[O-])C(=O)N2. The molecule has 1 amide bonds. The Labute approximate surface area is 137 Å². The zero-order chi connectivity index (χ0) is 17.3. The topological polar surface area (TPSA) is 90.7 Å². The van der Waals surface area contributed by atoms with Gasteiger partial charge in [-0.1, -0.05) is 12.1 Å². The quantitative estimate of drug-likeness (QED) is 0.529. The number of nitro groups is 1. The van der Waals surface area contributed by atoms with E-state index >= 15 is 0 Å². The number of anilines is 1. The summed E-state index contributed by atoms with van der Waals surface area (Å²) in [6.07, 6.45) is 1.51. The number of ether oxygens (including phenoxy) is 2. The summed E-state index contributed by atoms with van der Waals surface area (Å²) in [6.45, 7) is 0. The fourth-order valence-electron chi connectivity index (χ4n) is 2.59. The highest BCUT2D eigenvalue weighted by molar-refractivity contribution is 6.35. The molecule has 1 N–H and O–H groups in total. The molecular weight excluding hydrogens is 312 g/mol. The lowest BCUT2D eigenvalue weighted by atomic mass is 10.0. The third-order valence-corrected chi connectivity index (χ3v) is 3.74. The molecule has 7 nitrogen and oxygen atoms in total. The number of nitro benzene ring substituents is 1. The minimum absolute atomic E-state index is 0.0632. The minimum Gasteiger partial charge on any atom is -0.493 e. The van der Waals surface area contributed by atoms with E-state index in [1.165, 1.54) is 26.4 Å². The van der Waals surface area contributed by atoms with Gasteiger partial charge in [-0.3, -0.25) is 14.9 Å². The number of carbonyl (C=O) groups is 1. The van der Waals surface area contributed by atoms with Gasteiger partial charge in [-0.05, 0) is 18.2 Å². The second kappa shape index (κ2) is 6.04. The second-order valence-corrected chi connectivity index (χ2v) is 5.08. The van der Waals surface area contributed by atoms with Crippen molar-refractivity contribution in [2.75, 3.05) is 19.5 Å². The van der Waals surface area contributed by atoms with Crippen LogP contribution in [0.2, 0.25) is 0 Å². The molecule has 3 rings (SSSR count). The maximum Gasteiger partial charge on any atom is 0.276 e. The molecule has 0 atom stereocenters. The van der Waals surface area contributed by atoms with Gasteiger partial charge in [0.2, 0.25) is 0 Å². The molecule has 0 saturated heterocycles. The van der Waals surface area contributed by atoms with Crippen LogP contribution in [0, 0.1) is 10.1 Å². The van der Waals surface area contributed by atoms with Crippen molar-refractivity contribution in [1.29, 1.82) is 0 Å². The number of para-hydroxylation sites is 1. The summed E-state index contributed by atoms with van der Waals surface area (Å²) >= 11 is 0. The monoisotopic (exact) mass is 326 g/mol. The molecule has 2 aromatic carbocycles. The van der Waals surface area contributed by atoms with Crippen molar-refractivity contribution in [2.24, 2.45) is 0 Å². The lowest BCUT2D eigenvalue weighted by Gasteiger charge is -2.09. The van der Waals surface area contributed by atoms with E-state index in [4.69, 9.17) is 9.47 Å². The number of hydrogen-bond donors (Lipinski definition) is 1. The predicted molar refractivity (Wildman–Crippen MR) is 89.1 cm³/mol. The van der Waals surface area contributed by atoms with Gasteiger partial charge in [-0.2, -0.15) is 0 Å². The number of benzene rings is 2. The Hall–Kier alpha value is -3.35. The van der Waals surface area contributed by atoms with Crippen LogP contribution >= 0.6 is 0 Å². The zero-order valence-electron chi connectivity index (χ0n) is 13.0. The molecule has 2 aromatic rings. The van der Waals surface area contributed by atoms with Crippen LogP contribution in [0.5, 0.6) is 11.5 Å². The molecule has 0 unspecified atom stereocenters. The Morgan fingerprint density at radius 1 is 1.12 bits per heavy atom. The molecule has 0 saturated carbocycles. The molecule has 1 heterocycles. The molecule has 7 heteroatoms. The van der Waals surface area contributed by atoms with Crippen molar-refractivity contribution in [2.45, 2.75) is 0 Å². The summed E-state index contributed by atoms with van der Waals surface area (Å²) < 4.78 is 10.5. The molecule has 24 heavy (non-hydrogen) atoms. The third kappa shape index (κ3) is 2.56. The van der Waals surface area contributed by atoms with Gasteiger partial charge in [0.05, 0.1) is 30.4 Å². The summed E-state index contributed by atoms with van der Waals surface area (Å²) in [5.74, 6) is 0.628. The van der Waals surface area contributed by atoms with E-state index in [0.29, 0.717) is 33.9 Å².